The van der Waals surface area contributed by atoms with Crippen LogP contribution in [-0.2, 0) is 0 Å². The molecule has 5 aromatic rings. The molecule has 6 rings (SSSR count). The minimum Gasteiger partial charge on any atom is -0.369 e. The third kappa shape index (κ3) is 4.28. The monoisotopic (exact) mass is 514 g/mol. The van der Waals surface area contributed by atoms with Crippen molar-refractivity contribution in [3.05, 3.63) is 100 Å². The number of piperazine rings is 1. The van der Waals surface area contributed by atoms with Gasteiger partial charge in [-0.05, 0) is 61.6 Å². The van der Waals surface area contributed by atoms with Gasteiger partial charge >= 0.3 is 0 Å². The van der Waals surface area contributed by atoms with E-state index in [1.165, 1.54) is 16.8 Å². The van der Waals surface area contributed by atoms with Crippen LogP contribution in [0.5, 0.6) is 0 Å². The Balaban J connectivity index is 1.55. The van der Waals surface area contributed by atoms with E-state index in [1.54, 1.807) is 35.0 Å². The van der Waals surface area contributed by atoms with Crippen molar-refractivity contribution in [1.82, 2.24) is 24.2 Å². The van der Waals surface area contributed by atoms with E-state index in [4.69, 9.17) is 16.6 Å². The van der Waals surface area contributed by atoms with Crippen molar-refractivity contribution < 1.29 is 4.39 Å². The fraction of sp³-hybridized carbons (Fsp3) is 0.179. The van der Waals surface area contributed by atoms with Crippen molar-refractivity contribution in [2.45, 2.75) is 0 Å². The summed E-state index contributed by atoms with van der Waals surface area (Å²) < 4.78 is 18.8. The lowest BCUT2D eigenvalue weighted by molar-refractivity contribution is 0.313. The summed E-state index contributed by atoms with van der Waals surface area (Å²) in [5.41, 5.74) is 2.35. The van der Waals surface area contributed by atoms with E-state index in [9.17, 15) is 4.79 Å². The van der Waals surface area contributed by atoms with Gasteiger partial charge in [-0.1, -0.05) is 29.8 Å². The van der Waals surface area contributed by atoms with Crippen LogP contribution >= 0.6 is 11.6 Å². The van der Waals surface area contributed by atoms with Gasteiger partial charge in [-0.25, -0.2) is 14.1 Å². The zero-order chi connectivity index (χ0) is 25.5. The Morgan fingerprint density at radius 1 is 0.865 bits per heavy atom. The van der Waals surface area contributed by atoms with E-state index in [0.717, 1.165) is 37.6 Å². The number of nitrogens with zero attached hydrogens (tertiary/aromatic N) is 6. The van der Waals surface area contributed by atoms with Gasteiger partial charge in [0.2, 0.25) is 0 Å². The van der Waals surface area contributed by atoms with Gasteiger partial charge in [-0.3, -0.25) is 9.36 Å². The molecule has 186 valence electrons. The molecule has 37 heavy (non-hydrogen) atoms. The lowest BCUT2D eigenvalue weighted by Crippen LogP contribution is -2.44. The maximum absolute atomic E-state index is 15.8. The molecule has 0 bridgehead atoms. The van der Waals surface area contributed by atoms with Crippen LogP contribution < -0.4 is 10.5 Å². The van der Waals surface area contributed by atoms with Crippen molar-refractivity contribution in [3.63, 3.8) is 0 Å². The first-order valence-corrected chi connectivity index (χ1v) is 12.4. The first-order valence-electron chi connectivity index (χ1n) is 12.1. The van der Waals surface area contributed by atoms with Crippen LogP contribution in [-0.4, -0.2) is 57.5 Å². The molecule has 0 unspecified atom stereocenters. The quantitative estimate of drug-likeness (QED) is 0.345. The highest BCUT2D eigenvalue weighted by Gasteiger charge is 2.22. The maximum Gasteiger partial charge on any atom is 0.269 e. The van der Waals surface area contributed by atoms with Gasteiger partial charge in [0.25, 0.3) is 5.56 Å². The van der Waals surface area contributed by atoms with E-state index in [-0.39, 0.29) is 16.9 Å². The lowest BCUT2D eigenvalue weighted by Gasteiger charge is -2.34. The highest BCUT2D eigenvalue weighted by atomic mass is 35.5. The summed E-state index contributed by atoms with van der Waals surface area (Å²) in [5.74, 6) is -0.254. The molecule has 0 atom stereocenters. The van der Waals surface area contributed by atoms with Crippen LogP contribution in [0, 0.1) is 5.82 Å². The summed E-state index contributed by atoms with van der Waals surface area (Å²) in [6.07, 6.45) is 1.50. The summed E-state index contributed by atoms with van der Waals surface area (Å²) in [6, 6.07) is 21.4. The van der Waals surface area contributed by atoms with Gasteiger partial charge < -0.3 is 9.80 Å². The van der Waals surface area contributed by atoms with Crippen molar-refractivity contribution >= 4 is 28.3 Å². The molecule has 3 heterocycles. The fourth-order valence-electron chi connectivity index (χ4n) is 4.68. The molecule has 0 radical (unpaired) electrons. The molecular formula is C28H24ClFN6O. The van der Waals surface area contributed by atoms with E-state index in [2.05, 4.69) is 21.9 Å². The van der Waals surface area contributed by atoms with Crippen LogP contribution in [0.1, 0.15) is 0 Å². The average molecular weight is 515 g/mol. The Labute approximate surface area is 218 Å². The Bertz CT molecular complexity index is 1640. The highest BCUT2D eigenvalue weighted by Crippen LogP contribution is 2.29. The number of halogens is 2. The van der Waals surface area contributed by atoms with Gasteiger partial charge in [0.05, 0.1) is 23.1 Å². The molecule has 2 aromatic heterocycles. The molecule has 0 saturated carbocycles. The number of para-hydroxylation sites is 1. The van der Waals surface area contributed by atoms with Crippen molar-refractivity contribution in [3.8, 4) is 22.8 Å². The molecule has 0 amide bonds. The topological polar surface area (TPSA) is 59.2 Å². The van der Waals surface area contributed by atoms with E-state index in [1.807, 2.05) is 36.4 Å². The molecule has 0 spiro atoms. The number of hydrogen-bond acceptors (Lipinski definition) is 5. The Kier molecular flexibility index (Phi) is 5.98. The third-order valence-corrected chi connectivity index (χ3v) is 7.00. The number of fused-ring (bicyclic) bond motifs is 1. The molecule has 0 N–H and O–H groups in total. The molecule has 0 aliphatic carbocycles. The molecule has 1 aliphatic heterocycles. The second-order valence-corrected chi connectivity index (χ2v) is 9.57. The van der Waals surface area contributed by atoms with Gasteiger partial charge in [-0.2, -0.15) is 5.10 Å². The average Bonchev–Trinajstić information content (AvgIpc) is 3.35. The molecule has 1 aliphatic rings. The van der Waals surface area contributed by atoms with Gasteiger partial charge in [0, 0.05) is 36.9 Å². The summed E-state index contributed by atoms with van der Waals surface area (Å²) in [4.78, 5) is 23.1. The maximum atomic E-state index is 15.8. The second kappa shape index (κ2) is 9.46. The molecule has 3 aromatic carbocycles. The predicted octanol–water partition coefficient (Wildman–Crippen LogP) is 4.78. The van der Waals surface area contributed by atoms with Crippen LogP contribution in [0.15, 0.2) is 83.8 Å². The lowest BCUT2D eigenvalue weighted by atomic mass is 10.1. The Hall–Kier alpha value is -4.01. The van der Waals surface area contributed by atoms with E-state index in [0.29, 0.717) is 21.7 Å². The zero-order valence-electron chi connectivity index (χ0n) is 20.2. The van der Waals surface area contributed by atoms with Crippen LogP contribution in [0.2, 0.25) is 5.02 Å². The van der Waals surface area contributed by atoms with Crippen LogP contribution in [0.3, 0.4) is 0 Å². The number of benzene rings is 3. The number of likely N-dealkylation sites (N-methyl/N-ethyl adjacent to an activating group) is 1. The first kappa shape index (κ1) is 23.4. The summed E-state index contributed by atoms with van der Waals surface area (Å²) >= 11 is 6.10. The summed E-state index contributed by atoms with van der Waals surface area (Å²) in [7, 11) is 2.08. The minimum atomic E-state index is -0.448. The third-order valence-electron chi connectivity index (χ3n) is 6.75. The van der Waals surface area contributed by atoms with Crippen molar-refractivity contribution in [1.29, 1.82) is 0 Å². The number of aromatic nitrogens is 4. The Morgan fingerprint density at radius 3 is 2.27 bits per heavy atom. The van der Waals surface area contributed by atoms with Gasteiger partial charge in [0.1, 0.15) is 11.2 Å². The molecule has 9 heteroatoms. The van der Waals surface area contributed by atoms with Crippen LogP contribution in [0.25, 0.3) is 33.8 Å². The Morgan fingerprint density at radius 2 is 1.57 bits per heavy atom. The molecule has 1 saturated heterocycles. The first-order chi connectivity index (χ1) is 18.0. The second-order valence-electron chi connectivity index (χ2n) is 9.14. The number of anilines is 1. The van der Waals surface area contributed by atoms with Crippen molar-refractivity contribution in [2.24, 2.45) is 0 Å². The SMILES string of the molecule is CN1CCN(c2ccc(-c3nc4c(cnn4-c4ccccc4)c(=O)n3-c3ccc(Cl)cc3)c(F)c2)CC1. The largest absolute Gasteiger partial charge is 0.369 e. The zero-order valence-corrected chi connectivity index (χ0v) is 20.9. The van der Waals surface area contributed by atoms with E-state index < -0.39 is 5.82 Å². The number of hydrogen-bond donors (Lipinski definition) is 0. The standard InChI is InChI=1S/C28H24ClFN6O/c1-33-13-15-34(16-14-33)22-11-12-23(25(30)17-22)26-32-27-24(18-31-36(27)21-5-3-2-4-6-21)28(37)35(26)20-9-7-19(29)8-10-20/h2-12,17-18H,13-16H2,1H3. The summed E-state index contributed by atoms with van der Waals surface area (Å²) in [6.45, 7) is 3.48. The minimum absolute atomic E-state index is 0.194. The molecular weight excluding hydrogens is 491 g/mol. The predicted molar refractivity (Wildman–Crippen MR) is 145 cm³/mol. The molecule has 7 nitrogen and oxygen atoms in total. The number of rotatable bonds is 4. The highest BCUT2D eigenvalue weighted by molar-refractivity contribution is 6.30. The fourth-order valence-corrected chi connectivity index (χ4v) is 4.81. The van der Waals surface area contributed by atoms with Gasteiger partial charge in [-0.15, -0.1) is 0 Å². The molecule has 1 fully saturated rings. The normalized spacial score (nSPS) is 14.4. The summed E-state index contributed by atoms with van der Waals surface area (Å²) in [5, 5.41) is 5.29. The van der Waals surface area contributed by atoms with Crippen molar-refractivity contribution in [2.75, 3.05) is 38.1 Å². The van der Waals surface area contributed by atoms with Crippen LogP contribution in [0.4, 0.5) is 10.1 Å². The van der Waals surface area contributed by atoms with Gasteiger partial charge in [0.15, 0.2) is 11.5 Å². The van der Waals surface area contributed by atoms with E-state index >= 15 is 4.39 Å². The smallest absolute Gasteiger partial charge is 0.269 e.